The highest BCUT2D eigenvalue weighted by molar-refractivity contribution is 9.10. The minimum absolute atomic E-state index is 0.0527. The van der Waals surface area contributed by atoms with Crippen LogP contribution in [0.5, 0.6) is 0 Å². The van der Waals surface area contributed by atoms with Gasteiger partial charge in [0.25, 0.3) is 0 Å². The summed E-state index contributed by atoms with van der Waals surface area (Å²) in [6, 6.07) is 27.9. The molecular weight excluding hydrogens is 508 g/mol. The third-order valence-corrected chi connectivity index (χ3v) is 7.89. The van der Waals surface area contributed by atoms with E-state index in [1.165, 1.54) is 0 Å². The summed E-state index contributed by atoms with van der Waals surface area (Å²) in [5, 5.41) is 0. The summed E-state index contributed by atoms with van der Waals surface area (Å²) in [5.41, 5.74) is 3.05. The fourth-order valence-corrected chi connectivity index (χ4v) is 5.52. The van der Waals surface area contributed by atoms with E-state index in [-0.39, 0.29) is 10.7 Å². The monoisotopic (exact) mass is 540 g/mol. The van der Waals surface area contributed by atoms with Crippen molar-refractivity contribution in [2.24, 2.45) is 0 Å². The SMILES string of the molecule is CC(C)(C)S(=O)N(CCCC(=O)N(Cc1ccccc1)c1ccccc1Br)Cc1ccccc1. The van der Waals surface area contributed by atoms with E-state index in [1.54, 1.807) is 0 Å². The van der Waals surface area contributed by atoms with Gasteiger partial charge in [-0.15, -0.1) is 0 Å². The molecule has 0 heterocycles. The lowest BCUT2D eigenvalue weighted by Crippen LogP contribution is -2.38. The molecule has 0 aromatic heterocycles. The van der Waals surface area contributed by atoms with Crippen LogP contribution in [0.4, 0.5) is 5.69 Å². The summed E-state index contributed by atoms with van der Waals surface area (Å²) in [7, 11) is -1.17. The van der Waals surface area contributed by atoms with Gasteiger partial charge in [-0.2, -0.15) is 0 Å². The normalized spacial score (nSPS) is 12.5. The first-order valence-electron chi connectivity index (χ1n) is 11.6. The number of para-hydroxylation sites is 1. The van der Waals surface area contributed by atoms with Gasteiger partial charge in [-0.1, -0.05) is 72.8 Å². The molecule has 180 valence electrons. The second-order valence-electron chi connectivity index (χ2n) is 9.23. The summed E-state index contributed by atoms with van der Waals surface area (Å²) < 4.78 is 15.7. The average Bonchev–Trinajstić information content (AvgIpc) is 2.82. The van der Waals surface area contributed by atoms with Crippen molar-refractivity contribution in [3.8, 4) is 0 Å². The van der Waals surface area contributed by atoms with Crippen molar-refractivity contribution >= 4 is 38.5 Å². The van der Waals surface area contributed by atoms with Crippen LogP contribution in [0, 0.1) is 0 Å². The van der Waals surface area contributed by atoms with Crippen LogP contribution in [-0.4, -0.2) is 25.7 Å². The highest BCUT2D eigenvalue weighted by atomic mass is 79.9. The number of anilines is 1. The molecule has 0 aliphatic carbocycles. The van der Waals surface area contributed by atoms with Gasteiger partial charge in [-0.05, 0) is 66.4 Å². The van der Waals surface area contributed by atoms with Gasteiger partial charge in [0, 0.05) is 24.0 Å². The summed E-state index contributed by atoms with van der Waals surface area (Å²) >= 11 is 3.61. The van der Waals surface area contributed by atoms with Crippen molar-refractivity contribution in [3.05, 3.63) is 101 Å². The lowest BCUT2D eigenvalue weighted by atomic mass is 10.1. The Hall–Kier alpha value is -2.28. The second-order valence-corrected chi connectivity index (χ2v) is 12.3. The highest BCUT2D eigenvalue weighted by Gasteiger charge is 2.27. The van der Waals surface area contributed by atoms with Crippen LogP contribution in [0.15, 0.2) is 89.4 Å². The van der Waals surface area contributed by atoms with E-state index in [4.69, 9.17) is 0 Å². The Morgan fingerprint density at radius 3 is 1.91 bits per heavy atom. The predicted molar refractivity (Wildman–Crippen MR) is 146 cm³/mol. The van der Waals surface area contributed by atoms with Crippen molar-refractivity contribution in [1.29, 1.82) is 0 Å². The van der Waals surface area contributed by atoms with Crippen LogP contribution in [-0.2, 0) is 28.9 Å². The van der Waals surface area contributed by atoms with E-state index in [0.29, 0.717) is 32.5 Å². The lowest BCUT2D eigenvalue weighted by molar-refractivity contribution is -0.118. The Morgan fingerprint density at radius 1 is 0.824 bits per heavy atom. The summed E-state index contributed by atoms with van der Waals surface area (Å²) in [4.78, 5) is 15.3. The summed E-state index contributed by atoms with van der Waals surface area (Å²) in [6.45, 7) is 7.64. The molecule has 1 unspecified atom stereocenters. The number of halogens is 1. The zero-order valence-electron chi connectivity index (χ0n) is 20.1. The number of carbonyl (C=O) groups is 1. The first kappa shape index (κ1) is 26.3. The molecule has 0 saturated heterocycles. The molecule has 0 aliphatic heterocycles. The summed E-state index contributed by atoms with van der Waals surface area (Å²) in [6.07, 6.45) is 1.00. The lowest BCUT2D eigenvalue weighted by Gasteiger charge is -2.29. The van der Waals surface area contributed by atoms with Crippen LogP contribution in [0.25, 0.3) is 0 Å². The van der Waals surface area contributed by atoms with Gasteiger partial charge < -0.3 is 4.90 Å². The molecule has 0 saturated carbocycles. The number of rotatable bonds is 10. The van der Waals surface area contributed by atoms with Gasteiger partial charge in [-0.25, -0.2) is 8.51 Å². The average molecular weight is 542 g/mol. The van der Waals surface area contributed by atoms with Crippen LogP contribution in [0.1, 0.15) is 44.7 Å². The minimum Gasteiger partial charge on any atom is -0.307 e. The topological polar surface area (TPSA) is 40.6 Å². The van der Waals surface area contributed by atoms with E-state index in [2.05, 4.69) is 15.9 Å². The van der Waals surface area contributed by atoms with Gasteiger partial charge >= 0.3 is 0 Å². The molecule has 34 heavy (non-hydrogen) atoms. The third-order valence-electron chi connectivity index (χ3n) is 5.39. The largest absolute Gasteiger partial charge is 0.307 e. The maximum Gasteiger partial charge on any atom is 0.227 e. The van der Waals surface area contributed by atoms with E-state index >= 15 is 0 Å². The Kier molecular flexibility index (Phi) is 9.63. The zero-order valence-corrected chi connectivity index (χ0v) is 22.5. The Labute approximate surface area is 214 Å². The van der Waals surface area contributed by atoms with Crippen molar-refractivity contribution in [2.45, 2.75) is 51.4 Å². The smallest absolute Gasteiger partial charge is 0.227 e. The van der Waals surface area contributed by atoms with Gasteiger partial charge in [-0.3, -0.25) is 4.79 Å². The van der Waals surface area contributed by atoms with E-state index in [0.717, 1.165) is 21.3 Å². The quantitative estimate of drug-likeness (QED) is 0.286. The molecule has 1 amide bonds. The molecule has 0 bridgehead atoms. The number of hydrogen-bond acceptors (Lipinski definition) is 2. The Morgan fingerprint density at radius 2 is 1.35 bits per heavy atom. The van der Waals surface area contributed by atoms with Crippen molar-refractivity contribution in [3.63, 3.8) is 0 Å². The molecule has 0 N–H and O–H groups in total. The Bertz CT molecular complexity index is 1080. The van der Waals surface area contributed by atoms with Crippen LogP contribution in [0.2, 0.25) is 0 Å². The Balaban J connectivity index is 1.72. The molecule has 0 fully saturated rings. The van der Waals surface area contributed by atoms with Gasteiger partial charge in [0.15, 0.2) is 0 Å². The molecule has 4 nitrogen and oxygen atoms in total. The second kappa shape index (κ2) is 12.4. The standard InChI is InChI=1S/C28H33BrN2O2S/c1-28(2,3)34(33)30(21-23-13-6-4-7-14-23)20-12-19-27(32)31(22-24-15-8-5-9-16-24)26-18-11-10-17-25(26)29/h4-11,13-18H,12,19-22H2,1-3H3. The fraction of sp³-hybridized carbons (Fsp3) is 0.321. The molecule has 0 radical (unpaired) electrons. The van der Waals surface area contributed by atoms with Crippen LogP contribution < -0.4 is 4.90 Å². The van der Waals surface area contributed by atoms with Crippen LogP contribution in [0.3, 0.4) is 0 Å². The van der Waals surface area contributed by atoms with Crippen molar-refractivity contribution in [1.82, 2.24) is 4.31 Å². The number of nitrogens with zero attached hydrogens (tertiary/aromatic N) is 2. The van der Waals surface area contributed by atoms with E-state index in [9.17, 15) is 9.00 Å². The van der Waals surface area contributed by atoms with Crippen molar-refractivity contribution < 1.29 is 9.00 Å². The molecular formula is C28H33BrN2O2S. The maximum atomic E-state index is 13.4. The molecule has 1 atom stereocenters. The predicted octanol–water partition coefficient (Wildman–Crippen LogP) is 6.73. The van der Waals surface area contributed by atoms with E-state index < -0.39 is 11.0 Å². The van der Waals surface area contributed by atoms with Gasteiger partial charge in [0.2, 0.25) is 5.91 Å². The first-order valence-corrected chi connectivity index (χ1v) is 13.5. The third kappa shape index (κ3) is 7.62. The minimum atomic E-state index is -1.17. The maximum absolute atomic E-state index is 13.4. The van der Waals surface area contributed by atoms with Crippen molar-refractivity contribution in [2.75, 3.05) is 11.4 Å². The first-order chi connectivity index (χ1) is 16.3. The van der Waals surface area contributed by atoms with Gasteiger partial charge in [0.1, 0.15) is 11.0 Å². The molecule has 6 heteroatoms. The number of hydrogen-bond donors (Lipinski definition) is 0. The number of amides is 1. The molecule has 3 aromatic carbocycles. The highest BCUT2D eigenvalue weighted by Crippen LogP contribution is 2.28. The molecule has 0 aliphatic rings. The zero-order chi connectivity index (χ0) is 24.6. The number of benzene rings is 3. The summed E-state index contributed by atoms with van der Waals surface area (Å²) in [5.74, 6) is 0.0527. The van der Waals surface area contributed by atoms with Crippen LogP contribution >= 0.6 is 15.9 Å². The molecule has 0 spiro atoms. The number of carbonyl (C=O) groups excluding carboxylic acids is 1. The van der Waals surface area contributed by atoms with Gasteiger partial charge in [0.05, 0.1) is 17.0 Å². The molecule has 3 rings (SSSR count). The fourth-order valence-electron chi connectivity index (χ4n) is 3.68. The van der Waals surface area contributed by atoms with E-state index in [1.807, 2.05) is 115 Å². The molecule has 3 aromatic rings.